The van der Waals surface area contributed by atoms with Crippen molar-refractivity contribution in [3.63, 3.8) is 0 Å². The summed E-state index contributed by atoms with van der Waals surface area (Å²) in [4.78, 5) is 27.6. The number of aliphatic hydroxyl groups is 3. The van der Waals surface area contributed by atoms with E-state index in [0.29, 0.717) is 0 Å². The maximum absolute atomic E-state index is 10.9. The molecule has 3 atom stereocenters. The molecule has 96 valence electrons. The lowest BCUT2D eigenvalue weighted by Crippen LogP contribution is -2.43. The highest BCUT2D eigenvalue weighted by Crippen LogP contribution is 2.35. The molecule has 9 heteroatoms. The first kappa shape index (κ1) is 15.7. The number of ketones is 1. The molecule has 0 aliphatic carbocycles. The van der Waals surface area contributed by atoms with Crippen LogP contribution in [0.15, 0.2) is 0 Å². The minimum Gasteiger partial charge on any atom is -0.388 e. The molecule has 0 spiro atoms. The highest BCUT2D eigenvalue weighted by atomic mass is 31.2. The van der Waals surface area contributed by atoms with Crippen LogP contribution in [0.3, 0.4) is 0 Å². The average Bonchev–Trinajstić information content (AvgIpc) is 2.21. The van der Waals surface area contributed by atoms with Crippen molar-refractivity contribution in [1.82, 2.24) is 0 Å². The van der Waals surface area contributed by atoms with Gasteiger partial charge in [0.1, 0.15) is 18.3 Å². The summed E-state index contributed by atoms with van der Waals surface area (Å²) in [6.07, 6.45) is -5.46. The van der Waals surface area contributed by atoms with Crippen LogP contribution < -0.4 is 0 Å². The SMILES string of the molecule is CCC(=O)[C@@H](O)[C@H](O)[C@@H](O)COP(=O)(O)O. The van der Waals surface area contributed by atoms with Crippen molar-refractivity contribution in [3.05, 3.63) is 0 Å². The highest BCUT2D eigenvalue weighted by molar-refractivity contribution is 7.46. The Balaban J connectivity index is 4.23. The largest absolute Gasteiger partial charge is 0.469 e. The molecule has 0 bridgehead atoms. The lowest BCUT2D eigenvalue weighted by Gasteiger charge is -2.21. The molecule has 8 nitrogen and oxygen atoms in total. The molecule has 16 heavy (non-hydrogen) atoms. The third-order valence-corrected chi connectivity index (χ3v) is 2.29. The fourth-order valence-electron chi connectivity index (χ4n) is 0.882. The number of phosphoric ester groups is 1. The molecular formula is C7H15O8P. The minimum atomic E-state index is -4.76. The van der Waals surface area contributed by atoms with E-state index in [4.69, 9.17) is 14.9 Å². The van der Waals surface area contributed by atoms with Gasteiger partial charge in [0.25, 0.3) is 0 Å². The van der Waals surface area contributed by atoms with Gasteiger partial charge in [0.05, 0.1) is 6.61 Å². The molecule has 0 aliphatic rings. The molecular weight excluding hydrogens is 243 g/mol. The van der Waals surface area contributed by atoms with E-state index in [-0.39, 0.29) is 6.42 Å². The summed E-state index contributed by atoms with van der Waals surface area (Å²) >= 11 is 0. The van der Waals surface area contributed by atoms with E-state index in [0.717, 1.165) is 0 Å². The lowest BCUT2D eigenvalue weighted by molar-refractivity contribution is -0.139. The zero-order valence-electron chi connectivity index (χ0n) is 8.55. The quantitative estimate of drug-likeness (QED) is 0.335. The molecule has 0 saturated carbocycles. The number of carbonyl (C=O) groups excluding carboxylic acids is 1. The smallest absolute Gasteiger partial charge is 0.388 e. The normalized spacial score (nSPS) is 17.9. The molecule has 0 aromatic carbocycles. The molecule has 0 amide bonds. The molecule has 0 unspecified atom stereocenters. The summed E-state index contributed by atoms with van der Waals surface area (Å²) in [6.45, 7) is 0.566. The van der Waals surface area contributed by atoms with Crippen molar-refractivity contribution >= 4 is 13.6 Å². The van der Waals surface area contributed by atoms with E-state index >= 15 is 0 Å². The second kappa shape index (κ2) is 6.41. The second-order valence-corrected chi connectivity index (χ2v) is 4.35. The first-order chi connectivity index (χ1) is 7.19. The summed E-state index contributed by atoms with van der Waals surface area (Å²) in [5.41, 5.74) is 0. The number of Topliss-reactive ketones (excluding diaryl/α,β-unsaturated/α-hetero) is 1. The Labute approximate surface area is 91.7 Å². The molecule has 0 aromatic rings. The Hall–Kier alpha value is -0.340. The molecule has 0 fully saturated rings. The summed E-state index contributed by atoms with van der Waals surface area (Å²) in [6, 6.07) is 0. The molecule has 0 radical (unpaired) electrons. The number of rotatable bonds is 7. The van der Waals surface area contributed by atoms with Crippen LogP contribution >= 0.6 is 7.82 Å². The fraction of sp³-hybridized carbons (Fsp3) is 0.857. The summed E-state index contributed by atoms with van der Waals surface area (Å²) in [5, 5.41) is 27.6. The predicted octanol–water partition coefficient (Wildman–Crippen LogP) is -1.84. The van der Waals surface area contributed by atoms with Crippen LogP contribution in [0, 0.1) is 0 Å². The van der Waals surface area contributed by atoms with Crippen molar-refractivity contribution in [2.24, 2.45) is 0 Å². The van der Waals surface area contributed by atoms with E-state index in [1.165, 1.54) is 6.92 Å². The predicted molar refractivity (Wildman–Crippen MR) is 51.3 cm³/mol. The number of aliphatic hydroxyl groups excluding tert-OH is 3. The van der Waals surface area contributed by atoms with Crippen LogP contribution in [0.1, 0.15) is 13.3 Å². The molecule has 0 aliphatic heterocycles. The van der Waals surface area contributed by atoms with Crippen LogP contribution in [0.4, 0.5) is 0 Å². The van der Waals surface area contributed by atoms with Crippen molar-refractivity contribution in [3.8, 4) is 0 Å². The number of hydrogen-bond acceptors (Lipinski definition) is 6. The van der Waals surface area contributed by atoms with Gasteiger partial charge in [0, 0.05) is 6.42 Å². The van der Waals surface area contributed by atoms with Crippen molar-refractivity contribution in [2.75, 3.05) is 6.61 Å². The van der Waals surface area contributed by atoms with Crippen molar-refractivity contribution in [2.45, 2.75) is 31.7 Å². The first-order valence-electron chi connectivity index (χ1n) is 4.46. The van der Waals surface area contributed by atoms with Crippen molar-refractivity contribution < 1.29 is 39.0 Å². The maximum Gasteiger partial charge on any atom is 0.469 e. The minimum absolute atomic E-state index is 0.0374. The molecule has 0 aromatic heterocycles. The number of hydrogen-bond donors (Lipinski definition) is 5. The Morgan fingerprint density at radius 2 is 1.81 bits per heavy atom. The Kier molecular flexibility index (Phi) is 6.27. The van der Waals surface area contributed by atoms with E-state index < -0.39 is 38.5 Å². The van der Waals surface area contributed by atoms with Crippen molar-refractivity contribution in [1.29, 1.82) is 0 Å². The standard InChI is InChI=1S/C7H15O8P/c1-2-4(8)6(10)7(11)5(9)3-15-16(12,13)14/h5-7,9-11H,2-3H2,1H3,(H2,12,13,14)/t5-,6+,7+/m0/s1. The van der Waals surface area contributed by atoms with Gasteiger partial charge in [-0.2, -0.15) is 0 Å². The van der Waals surface area contributed by atoms with Gasteiger partial charge in [-0.1, -0.05) is 6.92 Å². The zero-order chi connectivity index (χ0) is 12.9. The molecule has 0 rings (SSSR count). The Morgan fingerprint density at radius 1 is 1.31 bits per heavy atom. The third-order valence-electron chi connectivity index (χ3n) is 1.81. The van der Waals surface area contributed by atoms with Gasteiger partial charge < -0.3 is 25.1 Å². The lowest BCUT2D eigenvalue weighted by atomic mass is 10.0. The third kappa shape index (κ3) is 5.66. The van der Waals surface area contributed by atoms with Crippen LogP contribution in [-0.4, -0.2) is 55.8 Å². The zero-order valence-corrected chi connectivity index (χ0v) is 9.45. The van der Waals surface area contributed by atoms with Gasteiger partial charge in [-0.25, -0.2) is 4.57 Å². The Bertz CT molecular complexity index is 274. The van der Waals surface area contributed by atoms with Gasteiger partial charge in [-0.05, 0) is 0 Å². The van der Waals surface area contributed by atoms with Crippen LogP contribution in [-0.2, 0) is 13.9 Å². The summed E-state index contributed by atoms with van der Waals surface area (Å²) in [7, 11) is -4.76. The molecule has 0 heterocycles. The Morgan fingerprint density at radius 3 is 2.19 bits per heavy atom. The van der Waals surface area contributed by atoms with Gasteiger partial charge in [0.2, 0.25) is 0 Å². The molecule has 0 saturated heterocycles. The van der Waals surface area contributed by atoms with E-state index in [1.54, 1.807) is 0 Å². The van der Waals surface area contributed by atoms with Gasteiger partial charge in [0.15, 0.2) is 5.78 Å². The number of phosphoric acid groups is 1. The summed E-state index contributed by atoms with van der Waals surface area (Å²) in [5.74, 6) is -0.692. The van der Waals surface area contributed by atoms with E-state index in [9.17, 15) is 19.6 Å². The van der Waals surface area contributed by atoms with Crippen LogP contribution in [0.25, 0.3) is 0 Å². The van der Waals surface area contributed by atoms with Crippen LogP contribution in [0.5, 0.6) is 0 Å². The van der Waals surface area contributed by atoms with Gasteiger partial charge in [-0.15, -0.1) is 0 Å². The average molecular weight is 258 g/mol. The fourth-order valence-corrected chi connectivity index (χ4v) is 1.23. The van der Waals surface area contributed by atoms with Crippen LogP contribution in [0.2, 0.25) is 0 Å². The topological polar surface area (TPSA) is 145 Å². The summed E-state index contributed by atoms with van der Waals surface area (Å²) < 4.78 is 14.2. The monoisotopic (exact) mass is 258 g/mol. The van der Waals surface area contributed by atoms with Gasteiger partial charge >= 0.3 is 7.82 Å². The second-order valence-electron chi connectivity index (χ2n) is 3.11. The first-order valence-corrected chi connectivity index (χ1v) is 5.99. The molecule has 5 N–H and O–H groups in total. The number of carbonyl (C=O) groups is 1. The van der Waals surface area contributed by atoms with Gasteiger partial charge in [-0.3, -0.25) is 9.32 Å². The maximum atomic E-state index is 10.9. The van der Waals surface area contributed by atoms with E-state index in [1.807, 2.05) is 0 Å². The van der Waals surface area contributed by atoms with E-state index in [2.05, 4.69) is 4.52 Å². The highest BCUT2D eigenvalue weighted by Gasteiger charge is 2.30.